The second-order valence-electron chi connectivity index (χ2n) is 6.57. The number of anilines is 1. The average molecular weight is 367 g/mol. The highest BCUT2D eigenvalue weighted by Gasteiger charge is 2.31. The average Bonchev–Trinajstić information content (AvgIpc) is 3.03. The van der Waals surface area contributed by atoms with Crippen molar-refractivity contribution in [1.82, 2.24) is 9.78 Å². The van der Waals surface area contributed by atoms with Gasteiger partial charge in [0.25, 0.3) is 10.0 Å². The topological polar surface area (TPSA) is 55.2 Å². The van der Waals surface area contributed by atoms with Crippen molar-refractivity contribution in [3.63, 3.8) is 0 Å². The highest BCUT2D eigenvalue weighted by molar-refractivity contribution is 7.92. The summed E-state index contributed by atoms with van der Waals surface area (Å²) in [5, 5.41) is 4.43. The molecule has 0 unspecified atom stereocenters. The minimum atomic E-state index is -3.63. The molecule has 134 valence electrons. The van der Waals surface area contributed by atoms with Gasteiger partial charge >= 0.3 is 0 Å². The van der Waals surface area contributed by atoms with E-state index in [0.29, 0.717) is 18.8 Å². The molecule has 0 fully saturated rings. The molecule has 0 aliphatic carbocycles. The van der Waals surface area contributed by atoms with Crippen molar-refractivity contribution in [3.05, 3.63) is 77.6 Å². The van der Waals surface area contributed by atoms with Gasteiger partial charge in [-0.2, -0.15) is 5.10 Å². The van der Waals surface area contributed by atoms with Crippen molar-refractivity contribution >= 4 is 15.7 Å². The summed E-state index contributed by atoms with van der Waals surface area (Å²) in [5.41, 5.74) is 3.48. The van der Waals surface area contributed by atoms with Crippen LogP contribution >= 0.6 is 0 Å². The monoisotopic (exact) mass is 367 g/mol. The number of nitrogens with zero attached hydrogens (tertiary/aromatic N) is 3. The number of sulfonamides is 1. The van der Waals surface area contributed by atoms with E-state index in [0.717, 1.165) is 29.7 Å². The Balaban J connectivity index is 1.69. The lowest BCUT2D eigenvalue weighted by Crippen LogP contribution is -2.35. The van der Waals surface area contributed by atoms with Gasteiger partial charge in [-0.15, -0.1) is 0 Å². The number of fused-ring (bicyclic) bond motifs is 1. The molecule has 0 atom stereocenters. The smallest absolute Gasteiger partial charge is 0.267 e. The van der Waals surface area contributed by atoms with Crippen LogP contribution in [0.2, 0.25) is 0 Å². The normalized spacial score (nSPS) is 14.3. The van der Waals surface area contributed by atoms with Crippen molar-refractivity contribution in [2.45, 2.75) is 31.2 Å². The van der Waals surface area contributed by atoms with Gasteiger partial charge < -0.3 is 0 Å². The lowest BCUT2D eigenvalue weighted by molar-refractivity contribution is 0.585. The highest BCUT2D eigenvalue weighted by atomic mass is 32.2. The van der Waals surface area contributed by atoms with Crippen LogP contribution in [-0.2, 0) is 23.0 Å². The lowest BCUT2D eigenvalue weighted by Gasteiger charge is -2.30. The van der Waals surface area contributed by atoms with Crippen molar-refractivity contribution in [2.75, 3.05) is 10.8 Å². The fourth-order valence-corrected chi connectivity index (χ4v) is 5.18. The van der Waals surface area contributed by atoms with Crippen LogP contribution in [-0.4, -0.2) is 24.7 Å². The van der Waals surface area contributed by atoms with Crippen LogP contribution in [0.15, 0.2) is 65.7 Å². The quantitative estimate of drug-likeness (QED) is 0.710. The maximum absolute atomic E-state index is 13.3. The summed E-state index contributed by atoms with van der Waals surface area (Å²) in [6.07, 6.45) is 3.39. The SMILES string of the molecule is Cc1nn(Cc2ccccc2)cc1S(=O)(=O)N1CCCc2ccccc21. The van der Waals surface area contributed by atoms with E-state index in [2.05, 4.69) is 5.10 Å². The third kappa shape index (κ3) is 3.01. The molecule has 26 heavy (non-hydrogen) atoms. The Hall–Kier alpha value is -2.60. The van der Waals surface area contributed by atoms with Crippen LogP contribution < -0.4 is 4.31 Å². The molecular weight excluding hydrogens is 346 g/mol. The van der Waals surface area contributed by atoms with E-state index in [1.54, 1.807) is 17.8 Å². The van der Waals surface area contributed by atoms with E-state index in [1.807, 2.05) is 54.6 Å². The van der Waals surface area contributed by atoms with Gasteiger partial charge in [-0.25, -0.2) is 8.42 Å². The lowest BCUT2D eigenvalue weighted by atomic mass is 10.0. The van der Waals surface area contributed by atoms with E-state index >= 15 is 0 Å². The van der Waals surface area contributed by atoms with Crippen LogP contribution in [0.1, 0.15) is 23.2 Å². The Morgan fingerprint density at radius 1 is 1.04 bits per heavy atom. The van der Waals surface area contributed by atoms with Crippen LogP contribution in [0.4, 0.5) is 5.69 Å². The van der Waals surface area contributed by atoms with E-state index in [9.17, 15) is 8.42 Å². The molecule has 1 aromatic heterocycles. The van der Waals surface area contributed by atoms with Crippen molar-refractivity contribution in [3.8, 4) is 0 Å². The predicted molar refractivity (Wildman–Crippen MR) is 102 cm³/mol. The fraction of sp³-hybridized carbons (Fsp3) is 0.250. The van der Waals surface area contributed by atoms with Crippen LogP contribution in [0.25, 0.3) is 0 Å². The maximum Gasteiger partial charge on any atom is 0.267 e. The molecule has 0 amide bonds. The summed E-state index contributed by atoms with van der Waals surface area (Å²) < 4.78 is 29.9. The molecular formula is C20H21N3O2S. The van der Waals surface area contributed by atoms with E-state index in [4.69, 9.17) is 0 Å². The first kappa shape index (κ1) is 16.8. The molecule has 0 saturated carbocycles. The van der Waals surface area contributed by atoms with Gasteiger partial charge in [-0.05, 0) is 37.0 Å². The van der Waals surface area contributed by atoms with Crippen molar-refractivity contribution in [1.29, 1.82) is 0 Å². The third-order valence-corrected chi connectivity index (χ3v) is 6.64. The predicted octanol–water partition coefficient (Wildman–Crippen LogP) is 3.38. The fourth-order valence-electron chi connectivity index (χ4n) is 3.47. The molecule has 0 saturated heterocycles. The second-order valence-corrected chi connectivity index (χ2v) is 8.40. The Morgan fingerprint density at radius 2 is 1.77 bits per heavy atom. The molecule has 3 aromatic rings. The van der Waals surface area contributed by atoms with Gasteiger partial charge in [-0.1, -0.05) is 48.5 Å². The van der Waals surface area contributed by atoms with Gasteiger partial charge in [0.05, 0.1) is 17.9 Å². The standard InChI is InChI=1S/C20H21N3O2S/c1-16-20(15-22(21-16)14-17-8-3-2-4-9-17)26(24,25)23-13-7-11-18-10-5-6-12-19(18)23/h2-6,8-10,12,15H,7,11,13-14H2,1H3. The van der Waals surface area contributed by atoms with Gasteiger partial charge in [-0.3, -0.25) is 8.99 Å². The molecule has 0 radical (unpaired) electrons. The van der Waals surface area contributed by atoms with Crippen LogP contribution in [0.3, 0.4) is 0 Å². The van der Waals surface area contributed by atoms with Crippen molar-refractivity contribution in [2.24, 2.45) is 0 Å². The summed E-state index contributed by atoms with van der Waals surface area (Å²) >= 11 is 0. The molecule has 5 nitrogen and oxygen atoms in total. The van der Waals surface area contributed by atoms with Crippen molar-refractivity contribution < 1.29 is 8.42 Å². The first-order chi connectivity index (χ1) is 12.6. The first-order valence-electron chi connectivity index (χ1n) is 8.74. The minimum Gasteiger partial charge on any atom is -0.267 e. The Kier molecular flexibility index (Phi) is 4.28. The summed E-state index contributed by atoms with van der Waals surface area (Å²) in [6.45, 7) is 2.81. The summed E-state index contributed by atoms with van der Waals surface area (Å²) in [6, 6.07) is 17.6. The molecule has 1 aliphatic heterocycles. The number of aryl methyl sites for hydroxylation is 2. The van der Waals surface area contributed by atoms with Gasteiger partial charge in [0, 0.05) is 12.7 Å². The Bertz CT molecular complexity index is 1030. The molecule has 2 aromatic carbocycles. The van der Waals surface area contributed by atoms with Gasteiger partial charge in [0.1, 0.15) is 4.90 Å². The Labute approximate surface area is 153 Å². The van der Waals surface area contributed by atoms with E-state index < -0.39 is 10.0 Å². The molecule has 0 bridgehead atoms. The summed E-state index contributed by atoms with van der Waals surface area (Å²) in [5.74, 6) is 0. The zero-order valence-corrected chi connectivity index (χ0v) is 15.5. The second kappa shape index (κ2) is 6.61. The largest absolute Gasteiger partial charge is 0.267 e. The van der Waals surface area contributed by atoms with Crippen LogP contribution in [0.5, 0.6) is 0 Å². The number of rotatable bonds is 4. The van der Waals surface area contributed by atoms with E-state index in [1.165, 1.54) is 4.31 Å². The maximum atomic E-state index is 13.3. The number of hydrogen-bond donors (Lipinski definition) is 0. The number of para-hydroxylation sites is 1. The third-order valence-electron chi connectivity index (χ3n) is 4.72. The summed E-state index contributed by atoms with van der Waals surface area (Å²) in [7, 11) is -3.63. The molecule has 0 spiro atoms. The highest BCUT2D eigenvalue weighted by Crippen LogP contribution is 2.32. The first-order valence-corrected chi connectivity index (χ1v) is 10.2. The molecule has 2 heterocycles. The van der Waals surface area contributed by atoms with Gasteiger partial charge in [0.2, 0.25) is 0 Å². The van der Waals surface area contributed by atoms with Gasteiger partial charge in [0.15, 0.2) is 0 Å². The number of hydrogen-bond acceptors (Lipinski definition) is 3. The molecule has 0 N–H and O–H groups in total. The van der Waals surface area contributed by atoms with Crippen LogP contribution in [0, 0.1) is 6.92 Å². The molecule has 1 aliphatic rings. The van der Waals surface area contributed by atoms with E-state index in [-0.39, 0.29) is 4.90 Å². The molecule has 6 heteroatoms. The number of aromatic nitrogens is 2. The number of benzene rings is 2. The minimum absolute atomic E-state index is 0.283. The summed E-state index contributed by atoms with van der Waals surface area (Å²) in [4.78, 5) is 0.283. The zero-order valence-electron chi connectivity index (χ0n) is 14.7. The zero-order chi connectivity index (χ0) is 18.1. The Morgan fingerprint density at radius 3 is 2.58 bits per heavy atom. The molecule has 4 rings (SSSR count).